The van der Waals surface area contributed by atoms with Crippen molar-refractivity contribution in [3.63, 3.8) is 0 Å². The molecule has 0 spiro atoms. The Kier molecular flexibility index (Phi) is 5.48. The lowest BCUT2D eigenvalue weighted by Gasteiger charge is -2.22. The van der Waals surface area contributed by atoms with E-state index in [2.05, 4.69) is 0 Å². The number of carbonyl (C=O) groups is 2. The van der Waals surface area contributed by atoms with Gasteiger partial charge in [-0.15, -0.1) is 0 Å². The SMILES string of the molecule is Cc1ccc(C(=O)N2CCCN(C(=O)c3ccc(F)c(F)c3F)CC2)cc1. The molecular formula is C20H19F3N2O2. The first kappa shape index (κ1) is 18.9. The number of hydrogen-bond acceptors (Lipinski definition) is 2. The molecule has 1 aliphatic heterocycles. The largest absolute Gasteiger partial charge is 0.337 e. The summed E-state index contributed by atoms with van der Waals surface area (Å²) in [6.45, 7) is 3.16. The molecule has 0 N–H and O–H groups in total. The fourth-order valence-corrected chi connectivity index (χ4v) is 3.06. The summed E-state index contributed by atoms with van der Waals surface area (Å²) in [5, 5.41) is 0. The molecule has 7 heteroatoms. The Morgan fingerprint density at radius 3 is 2.00 bits per heavy atom. The van der Waals surface area contributed by atoms with Crippen LogP contribution in [0.5, 0.6) is 0 Å². The highest BCUT2D eigenvalue weighted by molar-refractivity contribution is 5.95. The standard InChI is InChI=1S/C20H19F3N2O2/c1-13-3-5-14(6-4-13)19(26)24-9-2-10-25(12-11-24)20(27)15-7-8-16(21)18(23)17(15)22/h3-8H,2,9-12H2,1H3. The Balaban J connectivity index is 1.71. The van der Waals surface area contributed by atoms with Crippen LogP contribution < -0.4 is 0 Å². The molecule has 3 rings (SSSR count). The lowest BCUT2D eigenvalue weighted by Crippen LogP contribution is -2.37. The van der Waals surface area contributed by atoms with Crippen LogP contribution in [0.4, 0.5) is 13.2 Å². The van der Waals surface area contributed by atoms with E-state index in [1.54, 1.807) is 17.0 Å². The second-order valence-corrected chi connectivity index (χ2v) is 6.53. The molecule has 2 aromatic rings. The fourth-order valence-electron chi connectivity index (χ4n) is 3.06. The third kappa shape index (κ3) is 3.97. The first-order valence-electron chi connectivity index (χ1n) is 8.67. The molecule has 2 amide bonds. The zero-order valence-electron chi connectivity index (χ0n) is 14.8. The highest BCUT2D eigenvalue weighted by Gasteiger charge is 2.26. The molecule has 0 atom stereocenters. The summed E-state index contributed by atoms with van der Waals surface area (Å²) < 4.78 is 40.4. The molecule has 1 aliphatic rings. The van der Waals surface area contributed by atoms with Crippen molar-refractivity contribution in [3.8, 4) is 0 Å². The molecule has 0 aromatic heterocycles. The second kappa shape index (κ2) is 7.82. The summed E-state index contributed by atoms with van der Waals surface area (Å²) in [6.07, 6.45) is 0.509. The molecule has 2 aromatic carbocycles. The van der Waals surface area contributed by atoms with Gasteiger partial charge in [0.15, 0.2) is 17.5 Å². The van der Waals surface area contributed by atoms with Gasteiger partial charge in [0.2, 0.25) is 0 Å². The van der Waals surface area contributed by atoms with E-state index in [0.29, 0.717) is 25.1 Å². The van der Waals surface area contributed by atoms with Gasteiger partial charge in [-0.2, -0.15) is 0 Å². The predicted octanol–water partition coefficient (Wildman–Crippen LogP) is 3.40. The van der Waals surface area contributed by atoms with Crippen LogP contribution in [0.2, 0.25) is 0 Å². The summed E-state index contributed by atoms with van der Waals surface area (Å²) in [5.74, 6) is -5.34. The van der Waals surface area contributed by atoms with Gasteiger partial charge in [-0.1, -0.05) is 17.7 Å². The van der Waals surface area contributed by atoms with E-state index < -0.39 is 28.9 Å². The molecule has 0 radical (unpaired) electrons. The first-order valence-corrected chi connectivity index (χ1v) is 8.67. The highest BCUT2D eigenvalue weighted by Crippen LogP contribution is 2.18. The molecule has 0 saturated carbocycles. The van der Waals surface area contributed by atoms with Gasteiger partial charge in [-0.05, 0) is 37.6 Å². The molecule has 0 bridgehead atoms. The van der Waals surface area contributed by atoms with Gasteiger partial charge in [0, 0.05) is 31.7 Å². The summed E-state index contributed by atoms with van der Waals surface area (Å²) in [7, 11) is 0. The molecule has 1 heterocycles. The number of benzene rings is 2. The minimum atomic E-state index is -1.66. The van der Waals surface area contributed by atoms with Crippen LogP contribution in [0, 0.1) is 24.4 Å². The van der Waals surface area contributed by atoms with E-state index in [1.165, 1.54) is 4.90 Å². The van der Waals surface area contributed by atoms with Crippen LogP contribution in [-0.4, -0.2) is 47.8 Å². The molecule has 1 fully saturated rings. The number of aryl methyl sites for hydroxylation is 1. The number of halogens is 3. The Bertz CT molecular complexity index is 868. The molecule has 142 valence electrons. The Labute approximate surface area is 155 Å². The van der Waals surface area contributed by atoms with Gasteiger partial charge in [-0.25, -0.2) is 13.2 Å². The Morgan fingerprint density at radius 1 is 0.778 bits per heavy atom. The molecule has 1 saturated heterocycles. The number of carbonyl (C=O) groups excluding carboxylic acids is 2. The van der Waals surface area contributed by atoms with E-state index in [1.807, 2.05) is 19.1 Å². The molecule has 0 unspecified atom stereocenters. The lowest BCUT2D eigenvalue weighted by atomic mass is 10.1. The average Bonchev–Trinajstić information content (AvgIpc) is 2.92. The summed E-state index contributed by atoms with van der Waals surface area (Å²) in [4.78, 5) is 28.1. The van der Waals surface area contributed by atoms with Crippen LogP contribution in [0.15, 0.2) is 36.4 Å². The molecular weight excluding hydrogens is 357 g/mol. The third-order valence-corrected chi connectivity index (χ3v) is 4.63. The molecule has 27 heavy (non-hydrogen) atoms. The second-order valence-electron chi connectivity index (χ2n) is 6.53. The van der Waals surface area contributed by atoms with Crippen molar-refractivity contribution in [2.45, 2.75) is 13.3 Å². The maximum atomic E-state index is 13.9. The van der Waals surface area contributed by atoms with Crippen molar-refractivity contribution in [2.75, 3.05) is 26.2 Å². The van der Waals surface area contributed by atoms with E-state index in [9.17, 15) is 22.8 Å². The lowest BCUT2D eigenvalue weighted by molar-refractivity contribution is 0.0715. The van der Waals surface area contributed by atoms with E-state index in [4.69, 9.17) is 0 Å². The minimum absolute atomic E-state index is 0.136. The summed E-state index contributed by atoms with van der Waals surface area (Å²) in [5.41, 5.74) is 1.10. The van der Waals surface area contributed by atoms with E-state index in [-0.39, 0.29) is 19.0 Å². The highest BCUT2D eigenvalue weighted by atomic mass is 19.2. The Hall–Kier alpha value is -2.83. The number of amides is 2. The van der Waals surface area contributed by atoms with Crippen LogP contribution in [-0.2, 0) is 0 Å². The van der Waals surface area contributed by atoms with E-state index in [0.717, 1.165) is 17.7 Å². The molecule has 0 aliphatic carbocycles. The minimum Gasteiger partial charge on any atom is -0.337 e. The number of hydrogen-bond donors (Lipinski definition) is 0. The van der Waals surface area contributed by atoms with Gasteiger partial charge in [0.25, 0.3) is 11.8 Å². The number of rotatable bonds is 2. The summed E-state index contributed by atoms with van der Waals surface area (Å²) >= 11 is 0. The van der Waals surface area contributed by atoms with Gasteiger partial charge in [-0.3, -0.25) is 9.59 Å². The average molecular weight is 376 g/mol. The van der Waals surface area contributed by atoms with Crippen molar-refractivity contribution in [1.29, 1.82) is 0 Å². The zero-order valence-corrected chi connectivity index (χ0v) is 14.8. The van der Waals surface area contributed by atoms with Crippen molar-refractivity contribution in [1.82, 2.24) is 9.80 Å². The van der Waals surface area contributed by atoms with E-state index >= 15 is 0 Å². The first-order chi connectivity index (χ1) is 12.9. The summed E-state index contributed by atoms with van der Waals surface area (Å²) in [6, 6.07) is 8.89. The van der Waals surface area contributed by atoms with Crippen molar-refractivity contribution >= 4 is 11.8 Å². The van der Waals surface area contributed by atoms with Crippen LogP contribution in [0.25, 0.3) is 0 Å². The maximum Gasteiger partial charge on any atom is 0.257 e. The molecule has 4 nitrogen and oxygen atoms in total. The van der Waals surface area contributed by atoms with Gasteiger partial charge >= 0.3 is 0 Å². The zero-order chi connectivity index (χ0) is 19.6. The predicted molar refractivity (Wildman–Crippen MR) is 93.9 cm³/mol. The Morgan fingerprint density at radius 2 is 1.37 bits per heavy atom. The topological polar surface area (TPSA) is 40.6 Å². The fraction of sp³-hybridized carbons (Fsp3) is 0.300. The monoisotopic (exact) mass is 376 g/mol. The van der Waals surface area contributed by atoms with Crippen molar-refractivity contribution in [3.05, 3.63) is 70.5 Å². The smallest absolute Gasteiger partial charge is 0.257 e. The van der Waals surface area contributed by atoms with Crippen molar-refractivity contribution in [2.24, 2.45) is 0 Å². The third-order valence-electron chi connectivity index (χ3n) is 4.63. The van der Waals surface area contributed by atoms with Crippen LogP contribution in [0.1, 0.15) is 32.7 Å². The quantitative estimate of drug-likeness (QED) is 0.754. The van der Waals surface area contributed by atoms with Gasteiger partial charge in [0.1, 0.15) is 0 Å². The maximum absolute atomic E-state index is 13.9. The van der Waals surface area contributed by atoms with Gasteiger partial charge < -0.3 is 9.80 Å². The number of nitrogens with zero attached hydrogens (tertiary/aromatic N) is 2. The van der Waals surface area contributed by atoms with Crippen molar-refractivity contribution < 1.29 is 22.8 Å². The van der Waals surface area contributed by atoms with Gasteiger partial charge in [0.05, 0.1) is 5.56 Å². The van der Waals surface area contributed by atoms with Crippen LogP contribution >= 0.6 is 0 Å². The van der Waals surface area contributed by atoms with Crippen LogP contribution in [0.3, 0.4) is 0 Å². The normalized spacial score (nSPS) is 14.8.